The number of amides is 1. The molecule has 1 saturated heterocycles. The van der Waals surface area contributed by atoms with Crippen LogP contribution in [-0.4, -0.2) is 44.1 Å². The predicted octanol–water partition coefficient (Wildman–Crippen LogP) is 1.15. The van der Waals surface area contributed by atoms with Crippen molar-refractivity contribution in [1.82, 2.24) is 9.88 Å². The van der Waals surface area contributed by atoms with Crippen molar-refractivity contribution < 1.29 is 14.7 Å². The Bertz CT molecular complexity index is 619. The number of thioether (sulfide) groups is 2. The standard InChI is InChI=1S/C14H14N2O3S3/c1-21-6-4-10(13(18)19)16-12(17)11(22-14(16)20)7-9-3-2-5-15-8-9/h2-3,5,7-8,10H,4,6H2,1H3,(H,18,19)/p-1/b11-7-/t10-/m1/s1. The third-order valence-corrected chi connectivity index (χ3v) is 4.96. The Labute approximate surface area is 142 Å². The summed E-state index contributed by atoms with van der Waals surface area (Å²) in [6.07, 6.45) is 7.09. The van der Waals surface area contributed by atoms with Gasteiger partial charge in [0, 0.05) is 12.4 Å². The largest absolute Gasteiger partial charge is 0.548 e. The zero-order chi connectivity index (χ0) is 16.1. The molecule has 8 heteroatoms. The molecule has 0 saturated carbocycles. The van der Waals surface area contributed by atoms with E-state index in [0.29, 0.717) is 17.1 Å². The summed E-state index contributed by atoms with van der Waals surface area (Å²) in [5, 5.41) is 11.3. The van der Waals surface area contributed by atoms with E-state index in [1.807, 2.05) is 12.3 Å². The van der Waals surface area contributed by atoms with E-state index >= 15 is 0 Å². The first-order valence-electron chi connectivity index (χ1n) is 6.41. The van der Waals surface area contributed by atoms with Crippen LogP contribution in [0.3, 0.4) is 0 Å². The quantitative estimate of drug-likeness (QED) is 0.561. The molecule has 5 nitrogen and oxygen atoms in total. The summed E-state index contributed by atoms with van der Waals surface area (Å²) in [5.74, 6) is -1.07. The molecule has 0 unspecified atom stereocenters. The van der Waals surface area contributed by atoms with E-state index < -0.39 is 17.9 Å². The van der Waals surface area contributed by atoms with Crippen LogP contribution in [0.2, 0.25) is 0 Å². The molecule has 0 aromatic carbocycles. The van der Waals surface area contributed by atoms with Gasteiger partial charge < -0.3 is 9.90 Å². The maximum absolute atomic E-state index is 12.5. The lowest BCUT2D eigenvalue weighted by Crippen LogP contribution is -2.50. The van der Waals surface area contributed by atoms with Gasteiger partial charge >= 0.3 is 0 Å². The van der Waals surface area contributed by atoms with Crippen LogP contribution in [0.25, 0.3) is 6.08 Å². The molecular weight excluding hydrogens is 340 g/mol. The molecule has 2 rings (SSSR count). The number of aromatic nitrogens is 1. The lowest BCUT2D eigenvalue weighted by molar-refractivity contribution is -0.310. The van der Waals surface area contributed by atoms with Gasteiger partial charge in [-0.2, -0.15) is 11.8 Å². The maximum Gasteiger partial charge on any atom is 0.266 e. The normalized spacial score (nSPS) is 18.0. The number of hydrogen-bond acceptors (Lipinski definition) is 7. The number of pyridine rings is 1. The van der Waals surface area contributed by atoms with E-state index in [0.717, 1.165) is 22.2 Å². The van der Waals surface area contributed by atoms with Crippen LogP contribution in [0.5, 0.6) is 0 Å². The molecular formula is C14H13N2O3S3-. The molecule has 1 aliphatic heterocycles. The van der Waals surface area contributed by atoms with Crippen LogP contribution in [0.1, 0.15) is 12.0 Å². The third kappa shape index (κ3) is 3.88. The molecule has 116 valence electrons. The highest BCUT2D eigenvalue weighted by molar-refractivity contribution is 8.26. The number of carboxylic acids is 1. The minimum Gasteiger partial charge on any atom is -0.548 e. The lowest BCUT2D eigenvalue weighted by Gasteiger charge is -2.27. The summed E-state index contributed by atoms with van der Waals surface area (Å²) >= 11 is 7.78. The van der Waals surface area contributed by atoms with Crippen LogP contribution >= 0.6 is 35.7 Å². The molecule has 0 aliphatic carbocycles. The second-order valence-corrected chi connectivity index (χ2v) is 7.12. The lowest BCUT2D eigenvalue weighted by atomic mass is 10.2. The van der Waals surface area contributed by atoms with Gasteiger partial charge in [0.25, 0.3) is 5.91 Å². The summed E-state index contributed by atoms with van der Waals surface area (Å²) in [6.45, 7) is 0. The number of rotatable bonds is 6. The highest BCUT2D eigenvalue weighted by atomic mass is 32.2. The highest BCUT2D eigenvalue weighted by Crippen LogP contribution is 2.34. The summed E-state index contributed by atoms with van der Waals surface area (Å²) in [4.78, 5) is 29.3. The molecule has 1 aliphatic rings. The number of carboxylic acid groups (broad SMARTS) is 1. The molecule has 0 bridgehead atoms. The Hall–Kier alpha value is -1.38. The minimum atomic E-state index is -1.28. The first kappa shape index (κ1) is 17.0. The van der Waals surface area contributed by atoms with Crippen molar-refractivity contribution in [1.29, 1.82) is 0 Å². The van der Waals surface area contributed by atoms with Gasteiger partial charge in [0.1, 0.15) is 4.32 Å². The van der Waals surface area contributed by atoms with Crippen LogP contribution in [0, 0.1) is 0 Å². The van der Waals surface area contributed by atoms with Crippen LogP contribution < -0.4 is 5.11 Å². The van der Waals surface area contributed by atoms with Gasteiger partial charge in [-0.3, -0.25) is 14.7 Å². The average molecular weight is 353 g/mol. The molecule has 22 heavy (non-hydrogen) atoms. The Morgan fingerprint density at radius 1 is 1.64 bits per heavy atom. The number of hydrogen-bond donors (Lipinski definition) is 0. The molecule has 1 amide bonds. The van der Waals surface area contributed by atoms with E-state index in [1.165, 1.54) is 11.8 Å². The van der Waals surface area contributed by atoms with E-state index in [1.54, 1.807) is 24.5 Å². The summed E-state index contributed by atoms with van der Waals surface area (Å²) < 4.78 is 0.246. The zero-order valence-electron chi connectivity index (χ0n) is 11.7. The van der Waals surface area contributed by atoms with Gasteiger partial charge in [-0.25, -0.2) is 0 Å². The Kier molecular flexibility index (Phi) is 5.98. The van der Waals surface area contributed by atoms with Crippen LogP contribution in [0.15, 0.2) is 29.4 Å². The Balaban J connectivity index is 2.24. The number of carbonyl (C=O) groups is 2. The van der Waals surface area contributed by atoms with Crippen molar-refractivity contribution in [3.8, 4) is 0 Å². The molecule has 0 radical (unpaired) electrons. The van der Waals surface area contributed by atoms with Crippen LogP contribution in [0.4, 0.5) is 0 Å². The fourth-order valence-corrected chi connectivity index (χ4v) is 3.76. The fourth-order valence-electron chi connectivity index (χ4n) is 1.94. The van der Waals surface area contributed by atoms with Gasteiger partial charge in [-0.15, -0.1) is 0 Å². The molecule has 1 atom stereocenters. The van der Waals surface area contributed by atoms with E-state index in [9.17, 15) is 14.7 Å². The van der Waals surface area contributed by atoms with Crippen molar-refractivity contribution in [3.63, 3.8) is 0 Å². The van der Waals surface area contributed by atoms with Crippen molar-refractivity contribution in [2.75, 3.05) is 12.0 Å². The number of carbonyl (C=O) groups excluding carboxylic acids is 2. The van der Waals surface area contributed by atoms with Gasteiger partial charge in [0.05, 0.1) is 16.9 Å². The van der Waals surface area contributed by atoms with E-state index in [4.69, 9.17) is 12.2 Å². The monoisotopic (exact) mass is 353 g/mol. The molecule has 1 aromatic heterocycles. The van der Waals surface area contributed by atoms with E-state index in [-0.39, 0.29) is 4.32 Å². The summed E-state index contributed by atoms with van der Waals surface area (Å²) in [6, 6.07) is 2.54. The van der Waals surface area contributed by atoms with Crippen LogP contribution in [-0.2, 0) is 9.59 Å². The van der Waals surface area contributed by atoms with Crippen molar-refractivity contribution in [3.05, 3.63) is 35.0 Å². The average Bonchev–Trinajstić information content (AvgIpc) is 2.76. The molecule has 0 N–H and O–H groups in total. The molecule has 0 spiro atoms. The zero-order valence-corrected chi connectivity index (χ0v) is 14.2. The SMILES string of the molecule is CSCC[C@H](C(=O)[O-])N1C(=O)/C(=C/c2cccnc2)SC1=S. The second-order valence-electron chi connectivity index (χ2n) is 4.45. The van der Waals surface area contributed by atoms with E-state index in [2.05, 4.69) is 4.98 Å². The smallest absolute Gasteiger partial charge is 0.266 e. The van der Waals surface area contributed by atoms with Gasteiger partial charge in [-0.05, 0) is 36.1 Å². The second kappa shape index (κ2) is 7.75. The Morgan fingerprint density at radius 3 is 3.00 bits per heavy atom. The number of thiocarbonyl (C=S) groups is 1. The first-order valence-corrected chi connectivity index (χ1v) is 9.03. The molecule has 1 fully saturated rings. The number of nitrogens with zero attached hydrogens (tertiary/aromatic N) is 2. The van der Waals surface area contributed by atoms with Crippen molar-refractivity contribution >= 4 is 58.0 Å². The first-order chi connectivity index (χ1) is 10.5. The van der Waals surface area contributed by atoms with Gasteiger partial charge in [-0.1, -0.05) is 30.0 Å². The molecule has 1 aromatic rings. The fraction of sp³-hybridized carbons (Fsp3) is 0.286. The topological polar surface area (TPSA) is 73.3 Å². The Morgan fingerprint density at radius 2 is 2.41 bits per heavy atom. The maximum atomic E-state index is 12.5. The third-order valence-electron chi connectivity index (χ3n) is 2.98. The molecule has 2 heterocycles. The van der Waals surface area contributed by atoms with Crippen molar-refractivity contribution in [2.45, 2.75) is 12.5 Å². The number of aliphatic carboxylic acids is 1. The van der Waals surface area contributed by atoms with Gasteiger partial charge in [0.2, 0.25) is 0 Å². The summed E-state index contributed by atoms with van der Waals surface area (Å²) in [5.41, 5.74) is 0.761. The summed E-state index contributed by atoms with van der Waals surface area (Å²) in [7, 11) is 0. The predicted molar refractivity (Wildman–Crippen MR) is 91.0 cm³/mol. The van der Waals surface area contributed by atoms with Gasteiger partial charge in [0.15, 0.2) is 0 Å². The highest BCUT2D eigenvalue weighted by Gasteiger charge is 2.37. The van der Waals surface area contributed by atoms with Crippen molar-refractivity contribution in [2.24, 2.45) is 0 Å². The minimum absolute atomic E-state index is 0.246.